The van der Waals surface area contributed by atoms with Gasteiger partial charge in [-0.3, -0.25) is 9.59 Å². The number of rotatable bonds is 5. The fraction of sp³-hybridized carbons (Fsp3) is 0.310. The standard InChI is InChI=1S/C29H30N2O3S/c1-19-8-3-5-12-24(19)30-28(32)21-14-15-27-25(17-21)31(18-20-9-7-10-22(16-20)34-2)29(33)23-11-4-6-13-26(23)35-27/h4,6-7,9-11,13-17,19,24H,3,5,8,12,18H2,1-2H3,(H,30,32)/t19-,24-/m0/s1. The number of nitrogens with zero attached hydrogens (tertiary/aromatic N) is 1. The zero-order chi connectivity index (χ0) is 24.4. The molecule has 0 aromatic heterocycles. The molecule has 5 nitrogen and oxygen atoms in total. The lowest BCUT2D eigenvalue weighted by molar-refractivity contribution is 0.0908. The third-order valence-corrected chi connectivity index (χ3v) is 8.14. The molecule has 0 radical (unpaired) electrons. The van der Waals surface area contributed by atoms with Crippen molar-refractivity contribution < 1.29 is 14.3 Å². The van der Waals surface area contributed by atoms with E-state index in [1.165, 1.54) is 6.42 Å². The van der Waals surface area contributed by atoms with Crippen LogP contribution >= 0.6 is 11.8 Å². The molecular weight excluding hydrogens is 456 g/mol. The van der Waals surface area contributed by atoms with Crippen LogP contribution in [0.2, 0.25) is 0 Å². The van der Waals surface area contributed by atoms with Gasteiger partial charge in [0.25, 0.3) is 11.8 Å². The first kappa shape index (κ1) is 23.5. The van der Waals surface area contributed by atoms with E-state index in [4.69, 9.17) is 4.74 Å². The van der Waals surface area contributed by atoms with Gasteiger partial charge >= 0.3 is 0 Å². The Morgan fingerprint density at radius 3 is 2.69 bits per heavy atom. The van der Waals surface area contributed by atoms with Crippen molar-refractivity contribution in [2.45, 2.75) is 55.0 Å². The van der Waals surface area contributed by atoms with Gasteiger partial charge in [0.05, 0.1) is 24.9 Å². The van der Waals surface area contributed by atoms with Gasteiger partial charge < -0.3 is 15.0 Å². The van der Waals surface area contributed by atoms with Gasteiger partial charge in [-0.25, -0.2) is 0 Å². The second-order valence-electron chi connectivity index (χ2n) is 9.37. The molecule has 1 N–H and O–H groups in total. The Morgan fingerprint density at radius 1 is 1.03 bits per heavy atom. The van der Waals surface area contributed by atoms with Crippen molar-refractivity contribution in [3.05, 3.63) is 83.4 Å². The Morgan fingerprint density at radius 2 is 1.86 bits per heavy atom. The van der Waals surface area contributed by atoms with Crippen LogP contribution in [0.15, 0.2) is 76.5 Å². The Bertz CT molecular complexity index is 1260. The summed E-state index contributed by atoms with van der Waals surface area (Å²) in [5.74, 6) is 1.07. The molecule has 1 saturated carbocycles. The van der Waals surface area contributed by atoms with Gasteiger partial charge in [-0.2, -0.15) is 0 Å². The van der Waals surface area contributed by atoms with E-state index < -0.39 is 0 Å². The molecule has 1 aliphatic carbocycles. The Kier molecular flexibility index (Phi) is 6.82. The summed E-state index contributed by atoms with van der Waals surface area (Å²) >= 11 is 1.57. The van der Waals surface area contributed by atoms with Gasteiger partial charge in [0, 0.05) is 21.4 Å². The molecule has 0 spiro atoms. The molecule has 5 rings (SSSR count). The SMILES string of the molecule is COc1cccc(CN2C(=O)c3ccccc3Sc3ccc(C(=O)N[C@H]4CCCC[C@@H]4C)cc32)c1. The number of amides is 2. The lowest BCUT2D eigenvalue weighted by atomic mass is 9.86. The van der Waals surface area contributed by atoms with Crippen LogP contribution in [0.1, 0.15) is 58.9 Å². The largest absolute Gasteiger partial charge is 0.497 e. The number of carbonyl (C=O) groups is 2. The summed E-state index contributed by atoms with van der Waals surface area (Å²) in [4.78, 5) is 30.7. The van der Waals surface area contributed by atoms with Gasteiger partial charge in [0.2, 0.25) is 0 Å². The van der Waals surface area contributed by atoms with E-state index in [0.29, 0.717) is 23.6 Å². The van der Waals surface area contributed by atoms with E-state index in [1.807, 2.05) is 66.7 Å². The molecule has 0 unspecified atom stereocenters. The number of anilines is 1. The highest BCUT2D eigenvalue weighted by Gasteiger charge is 2.29. The topological polar surface area (TPSA) is 58.6 Å². The average molecular weight is 487 g/mol. The fourth-order valence-electron chi connectivity index (χ4n) is 4.95. The average Bonchev–Trinajstić information content (AvgIpc) is 2.99. The lowest BCUT2D eigenvalue weighted by Crippen LogP contribution is -2.41. The molecule has 6 heteroatoms. The van der Waals surface area contributed by atoms with Crippen molar-refractivity contribution in [2.75, 3.05) is 12.0 Å². The maximum Gasteiger partial charge on any atom is 0.259 e. The predicted molar refractivity (Wildman–Crippen MR) is 139 cm³/mol. The Labute approximate surface area is 210 Å². The van der Waals surface area contributed by atoms with Crippen LogP contribution in [0.4, 0.5) is 5.69 Å². The molecule has 180 valence electrons. The van der Waals surface area contributed by atoms with Crippen LogP contribution in [0.3, 0.4) is 0 Å². The molecule has 1 heterocycles. The van der Waals surface area contributed by atoms with E-state index in [-0.39, 0.29) is 17.9 Å². The number of methoxy groups -OCH3 is 1. The number of ether oxygens (including phenoxy) is 1. The first-order valence-electron chi connectivity index (χ1n) is 12.2. The fourth-order valence-corrected chi connectivity index (χ4v) is 6.01. The van der Waals surface area contributed by atoms with Crippen LogP contribution in [-0.4, -0.2) is 25.0 Å². The van der Waals surface area contributed by atoms with Crippen molar-refractivity contribution in [2.24, 2.45) is 5.92 Å². The number of nitrogens with one attached hydrogen (secondary N) is 1. The van der Waals surface area contributed by atoms with E-state index >= 15 is 0 Å². The first-order valence-corrected chi connectivity index (χ1v) is 13.0. The number of hydrogen-bond donors (Lipinski definition) is 1. The molecule has 1 fully saturated rings. The van der Waals surface area contributed by atoms with Crippen molar-refractivity contribution >= 4 is 29.3 Å². The molecule has 2 amide bonds. The van der Waals surface area contributed by atoms with Crippen molar-refractivity contribution in [3.8, 4) is 5.75 Å². The van der Waals surface area contributed by atoms with Crippen molar-refractivity contribution in [1.29, 1.82) is 0 Å². The van der Waals surface area contributed by atoms with Crippen LogP contribution in [0.25, 0.3) is 0 Å². The van der Waals surface area contributed by atoms with E-state index in [9.17, 15) is 9.59 Å². The molecule has 0 saturated heterocycles. The third-order valence-electron chi connectivity index (χ3n) is 7.00. The highest BCUT2D eigenvalue weighted by atomic mass is 32.2. The number of benzene rings is 3. The van der Waals surface area contributed by atoms with Gasteiger partial charge in [0.15, 0.2) is 0 Å². The minimum Gasteiger partial charge on any atom is -0.497 e. The first-order chi connectivity index (χ1) is 17.0. The zero-order valence-corrected chi connectivity index (χ0v) is 20.9. The van der Waals surface area contributed by atoms with Crippen molar-refractivity contribution in [1.82, 2.24) is 5.32 Å². The molecule has 3 aromatic rings. The summed E-state index contributed by atoms with van der Waals surface area (Å²) in [6, 6.07) is 21.3. The summed E-state index contributed by atoms with van der Waals surface area (Å²) in [6.45, 7) is 2.59. The second-order valence-corrected chi connectivity index (χ2v) is 10.4. The minimum absolute atomic E-state index is 0.0758. The third kappa shape index (κ3) is 4.94. The lowest BCUT2D eigenvalue weighted by Gasteiger charge is -2.29. The summed E-state index contributed by atoms with van der Waals surface area (Å²) in [5, 5.41) is 3.25. The molecule has 2 aliphatic rings. The second kappa shape index (κ2) is 10.2. The predicted octanol–water partition coefficient (Wildman–Crippen LogP) is 6.32. The maximum absolute atomic E-state index is 13.8. The van der Waals surface area contributed by atoms with Crippen LogP contribution in [0.5, 0.6) is 5.75 Å². The van der Waals surface area contributed by atoms with E-state index in [1.54, 1.807) is 23.8 Å². The van der Waals surface area contributed by atoms with Gasteiger partial charge in [-0.1, -0.05) is 55.8 Å². The maximum atomic E-state index is 13.8. The highest BCUT2D eigenvalue weighted by molar-refractivity contribution is 7.99. The minimum atomic E-state index is -0.0768. The Hall–Kier alpha value is -3.25. The normalized spacial score (nSPS) is 19.4. The Balaban J connectivity index is 1.51. The van der Waals surface area contributed by atoms with Crippen molar-refractivity contribution in [3.63, 3.8) is 0 Å². The quantitative estimate of drug-likeness (QED) is 0.459. The molecule has 35 heavy (non-hydrogen) atoms. The number of hydrogen-bond acceptors (Lipinski definition) is 4. The van der Waals surface area contributed by atoms with Gasteiger partial charge in [-0.15, -0.1) is 0 Å². The van der Waals surface area contributed by atoms with Gasteiger partial charge in [0.1, 0.15) is 5.75 Å². The molecule has 1 aliphatic heterocycles. The summed E-state index contributed by atoms with van der Waals surface area (Å²) < 4.78 is 5.39. The van der Waals surface area contributed by atoms with Crippen LogP contribution in [-0.2, 0) is 6.54 Å². The molecule has 2 atom stereocenters. The highest BCUT2D eigenvalue weighted by Crippen LogP contribution is 2.42. The van der Waals surface area contributed by atoms with Crippen LogP contribution < -0.4 is 15.0 Å². The van der Waals surface area contributed by atoms with E-state index in [2.05, 4.69) is 12.2 Å². The van der Waals surface area contributed by atoms with Crippen LogP contribution in [0, 0.1) is 5.92 Å². The summed E-state index contributed by atoms with van der Waals surface area (Å²) in [6.07, 6.45) is 4.54. The molecular formula is C29H30N2O3S. The van der Waals surface area contributed by atoms with Gasteiger partial charge in [-0.05, 0) is 66.8 Å². The summed E-state index contributed by atoms with van der Waals surface area (Å²) in [7, 11) is 1.64. The molecule has 3 aromatic carbocycles. The smallest absolute Gasteiger partial charge is 0.259 e. The number of carbonyl (C=O) groups excluding carboxylic acids is 2. The zero-order valence-electron chi connectivity index (χ0n) is 20.1. The summed E-state index contributed by atoms with van der Waals surface area (Å²) in [5.41, 5.74) is 2.96. The number of fused-ring (bicyclic) bond motifs is 2. The molecule has 0 bridgehead atoms. The monoisotopic (exact) mass is 486 g/mol. The van der Waals surface area contributed by atoms with E-state index in [0.717, 1.165) is 46.1 Å².